The molecule has 0 saturated heterocycles. The number of nitrogens with two attached hydrogens (primary N) is 1. The molecule has 0 aliphatic heterocycles. The zero-order valence-electron chi connectivity index (χ0n) is 24.3. The summed E-state index contributed by atoms with van der Waals surface area (Å²) in [5, 5.41) is 39.2. The van der Waals surface area contributed by atoms with Crippen molar-refractivity contribution in [2.45, 2.75) is 90.2 Å². The van der Waals surface area contributed by atoms with E-state index in [9.17, 15) is 39.3 Å². The van der Waals surface area contributed by atoms with Gasteiger partial charge in [0.15, 0.2) is 0 Å². The fraction of sp³-hybridized carbons (Fsp3) is 0.607. The van der Waals surface area contributed by atoms with E-state index >= 15 is 0 Å². The van der Waals surface area contributed by atoms with Crippen molar-refractivity contribution in [2.75, 3.05) is 6.61 Å². The quantitative estimate of drug-likeness (QED) is 0.114. The lowest BCUT2D eigenvalue weighted by Gasteiger charge is -2.28. The maximum absolute atomic E-state index is 13.2. The molecule has 13 heteroatoms. The van der Waals surface area contributed by atoms with E-state index in [0.29, 0.717) is 18.4 Å². The Kier molecular flexibility index (Phi) is 15.0. The number of carboxylic acid groups (broad SMARTS) is 1. The lowest BCUT2D eigenvalue weighted by atomic mass is 9.98. The van der Waals surface area contributed by atoms with Crippen LogP contribution in [0.3, 0.4) is 0 Å². The second kappa shape index (κ2) is 17.3. The SMILES string of the molecule is CC[C@H](C)[C@H](NC(=O)[C@H](Cc1ccccc1)NC(=O)[C@@H](NC(=O)[C@H](CO)NC(=O)[C@@H](N)CC(C)C)[C@@H](C)O)C(=O)O. The van der Waals surface area contributed by atoms with E-state index in [1.165, 1.54) is 6.92 Å². The molecule has 41 heavy (non-hydrogen) atoms. The van der Waals surface area contributed by atoms with Gasteiger partial charge in [0, 0.05) is 6.42 Å². The average molecular weight is 580 g/mol. The fourth-order valence-corrected chi connectivity index (χ4v) is 4.00. The summed E-state index contributed by atoms with van der Waals surface area (Å²) < 4.78 is 0. The van der Waals surface area contributed by atoms with Crippen molar-refractivity contribution < 1.29 is 39.3 Å². The molecular formula is C28H45N5O8. The summed E-state index contributed by atoms with van der Waals surface area (Å²) >= 11 is 0. The number of benzene rings is 1. The molecule has 0 saturated carbocycles. The number of carbonyl (C=O) groups excluding carboxylic acids is 4. The Morgan fingerprint density at radius 2 is 1.34 bits per heavy atom. The number of carbonyl (C=O) groups is 5. The first-order valence-electron chi connectivity index (χ1n) is 13.7. The maximum Gasteiger partial charge on any atom is 0.326 e. The standard InChI is InChI=1S/C28H45N5O8/c1-6-16(4)22(28(40)41)32-25(37)20(13-18-10-8-7-9-11-18)30-27(39)23(17(5)35)33-26(38)21(14-34)31-24(36)19(29)12-15(2)3/h7-11,15-17,19-23,34-35H,6,12-14,29H2,1-5H3,(H,30,39)(H,31,36)(H,32,37)(H,33,38)(H,40,41)/t16-,17+,19-,20-,21-,22-,23-/m0/s1. The highest BCUT2D eigenvalue weighted by molar-refractivity contribution is 5.95. The zero-order chi connectivity index (χ0) is 31.3. The van der Waals surface area contributed by atoms with E-state index in [4.69, 9.17) is 5.73 Å². The monoisotopic (exact) mass is 579 g/mol. The Morgan fingerprint density at radius 3 is 1.83 bits per heavy atom. The summed E-state index contributed by atoms with van der Waals surface area (Å²) in [4.78, 5) is 63.5. The second-order valence-corrected chi connectivity index (χ2v) is 10.7. The van der Waals surface area contributed by atoms with Gasteiger partial charge in [-0.05, 0) is 30.7 Å². The van der Waals surface area contributed by atoms with Crippen LogP contribution < -0.4 is 27.0 Å². The van der Waals surface area contributed by atoms with Gasteiger partial charge < -0.3 is 42.3 Å². The summed E-state index contributed by atoms with van der Waals surface area (Å²) in [7, 11) is 0. The van der Waals surface area contributed by atoms with E-state index in [1.807, 2.05) is 13.8 Å². The lowest BCUT2D eigenvalue weighted by molar-refractivity contribution is -0.144. The molecule has 9 N–H and O–H groups in total. The molecule has 4 amide bonds. The number of rotatable bonds is 17. The van der Waals surface area contributed by atoms with E-state index in [0.717, 1.165) is 0 Å². The van der Waals surface area contributed by atoms with E-state index in [-0.39, 0.29) is 12.3 Å². The average Bonchev–Trinajstić information content (AvgIpc) is 2.91. The first-order chi connectivity index (χ1) is 19.2. The van der Waals surface area contributed by atoms with Gasteiger partial charge in [0.1, 0.15) is 24.2 Å². The van der Waals surface area contributed by atoms with Gasteiger partial charge in [-0.15, -0.1) is 0 Å². The minimum absolute atomic E-state index is 0.00516. The highest BCUT2D eigenvalue weighted by Gasteiger charge is 2.34. The molecule has 230 valence electrons. The van der Waals surface area contributed by atoms with Gasteiger partial charge in [-0.2, -0.15) is 0 Å². The molecule has 0 aromatic heterocycles. The van der Waals surface area contributed by atoms with Crippen molar-refractivity contribution in [3.8, 4) is 0 Å². The molecule has 0 heterocycles. The van der Waals surface area contributed by atoms with Crippen LogP contribution >= 0.6 is 0 Å². The summed E-state index contributed by atoms with van der Waals surface area (Å²) in [5.74, 6) is -4.82. The third kappa shape index (κ3) is 11.8. The molecule has 0 radical (unpaired) electrons. The van der Waals surface area contributed by atoms with Crippen LogP contribution in [0.2, 0.25) is 0 Å². The third-order valence-corrected chi connectivity index (χ3v) is 6.63. The van der Waals surface area contributed by atoms with Crippen LogP contribution in [0.25, 0.3) is 0 Å². The molecule has 1 aromatic rings. The smallest absolute Gasteiger partial charge is 0.326 e. The van der Waals surface area contributed by atoms with Gasteiger partial charge in [0.2, 0.25) is 23.6 Å². The Balaban J connectivity index is 3.12. The van der Waals surface area contributed by atoms with E-state index in [1.54, 1.807) is 44.2 Å². The molecule has 0 unspecified atom stereocenters. The van der Waals surface area contributed by atoms with Crippen LogP contribution in [-0.4, -0.2) is 87.8 Å². The number of aliphatic carboxylic acids is 1. The predicted molar refractivity (Wildman–Crippen MR) is 151 cm³/mol. The van der Waals surface area contributed by atoms with Crippen molar-refractivity contribution in [2.24, 2.45) is 17.6 Å². The number of aliphatic hydroxyl groups is 2. The molecule has 7 atom stereocenters. The van der Waals surface area contributed by atoms with E-state index in [2.05, 4.69) is 21.3 Å². The number of amides is 4. The maximum atomic E-state index is 13.2. The minimum atomic E-state index is -1.58. The Hall–Kier alpha value is -3.55. The van der Waals surface area contributed by atoms with Gasteiger partial charge in [-0.1, -0.05) is 64.4 Å². The molecule has 0 spiro atoms. The molecule has 1 rings (SSSR count). The van der Waals surface area contributed by atoms with E-state index < -0.39 is 78.4 Å². The molecule has 13 nitrogen and oxygen atoms in total. The Morgan fingerprint density at radius 1 is 0.805 bits per heavy atom. The van der Waals surface area contributed by atoms with Crippen LogP contribution in [0.15, 0.2) is 30.3 Å². The van der Waals surface area contributed by atoms with Crippen molar-refractivity contribution in [3.05, 3.63) is 35.9 Å². The largest absolute Gasteiger partial charge is 0.480 e. The van der Waals surface area contributed by atoms with Gasteiger partial charge in [-0.3, -0.25) is 19.2 Å². The Bertz CT molecular complexity index is 1020. The van der Waals surface area contributed by atoms with Crippen LogP contribution in [0.5, 0.6) is 0 Å². The molecule has 1 aromatic carbocycles. The van der Waals surface area contributed by atoms with Crippen LogP contribution in [0, 0.1) is 11.8 Å². The van der Waals surface area contributed by atoms with Crippen LogP contribution in [0.4, 0.5) is 0 Å². The van der Waals surface area contributed by atoms with Crippen molar-refractivity contribution >= 4 is 29.6 Å². The first kappa shape index (κ1) is 35.5. The predicted octanol–water partition coefficient (Wildman–Crippen LogP) is -0.954. The number of hydrogen-bond donors (Lipinski definition) is 8. The highest BCUT2D eigenvalue weighted by atomic mass is 16.4. The molecular weight excluding hydrogens is 534 g/mol. The number of aliphatic hydroxyl groups excluding tert-OH is 2. The normalized spacial score (nSPS) is 16.3. The number of hydrogen-bond acceptors (Lipinski definition) is 8. The number of nitrogens with one attached hydrogen (secondary N) is 4. The van der Waals surface area contributed by atoms with Crippen molar-refractivity contribution in [3.63, 3.8) is 0 Å². The first-order valence-corrected chi connectivity index (χ1v) is 13.7. The summed E-state index contributed by atoms with van der Waals surface area (Å²) in [6.07, 6.45) is -0.623. The minimum Gasteiger partial charge on any atom is -0.480 e. The third-order valence-electron chi connectivity index (χ3n) is 6.63. The van der Waals surface area contributed by atoms with Crippen molar-refractivity contribution in [1.82, 2.24) is 21.3 Å². The van der Waals surface area contributed by atoms with Gasteiger partial charge >= 0.3 is 5.97 Å². The zero-order valence-corrected chi connectivity index (χ0v) is 24.3. The van der Waals surface area contributed by atoms with Gasteiger partial charge in [0.25, 0.3) is 0 Å². The summed E-state index contributed by atoms with van der Waals surface area (Å²) in [6.45, 7) is 7.64. The second-order valence-electron chi connectivity index (χ2n) is 10.7. The van der Waals surface area contributed by atoms with Crippen molar-refractivity contribution in [1.29, 1.82) is 0 Å². The van der Waals surface area contributed by atoms with Crippen LogP contribution in [-0.2, 0) is 30.4 Å². The fourth-order valence-electron chi connectivity index (χ4n) is 4.00. The topological polar surface area (TPSA) is 220 Å². The molecule has 0 fully saturated rings. The molecule has 0 aliphatic carbocycles. The summed E-state index contributed by atoms with van der Waals surface area (Å²) in [5.41, 5.74) is 6.51. The number of carboxylic acids is 1. The molecule has 0 aliphatic rings. The molecule has 0 bridgehead atoms. The van der Waals surface area contributed by atoms with Crippen LogP contribution in [0.1, 0.15) is 53.0 Å². The summed E-state index contributed by atoms with van der Waals surface area (Å²) in [6, 6.07) is 2.29. The Labute approximate surface area is 240 Å². The lowest BCUT2D eigenvalue weighted by Crippen LogP contribution is -2.62. The van der Waals surface area contributed by atoms with Gasteiger partial charge in [0.05, 0.1) is 18.8 Å². The highest BCUT2D eigenvalue weighted by Crippen LogP contribution is 2.10. The van der Waals surface area contributed by atoms with Gasteiger partial charge in [-0.25, -0.2) is 4.79 Å².